The predicted octanol–water partition coefficient (Wildman–Crippen LogP) is 2.38. The van der Waals surface area contributed by atoms with Crippen LogP contribution in [0.25, 0.3) is 0 Å². The number of carbonyl (C=O) groups excluding carboxylic acids is 3. The normalized spacial score (nSPS) is 11.5. The molecule has 1 amide bonds. The molecule has 3 aromatic carbocycles. The number of carbonyl (C=O) groups is 3. The minimum Gasteiger partial charge on any atom is -0.419 e. The van der Waals surface area contributed by atoms with Gasteiger partial charge < -0.3 is 20.9 Å². The van der Waals surface area contributed by atoms with Crippen LogP contribution in [0.5, 0.6) is 11.5 Å². The molecule has 0 aliphatic carbocycles. The first-order valence-electron chi connectivity index (χ1n) is 10.1. The van der Waals surface area contributed by atoms with Crippen LogP contribution in [0, 0.1) is 13.8 Å². The Morgan fingerprint density at radius 3 is 1.72 bits per heavy atom. The first kappa shape index (κ1) is 22.7. The zero-order valence-electron chi connectivity index (χ0n) is 18.0. The molecule has 1 atom stereocenters. The van der Waals surface area contributed by atoms with Gasteiger partial charge in [-0.15, -0.1) is 0 Å². The van der Waals surface area contributed by atoms with Gasteiger partial charge in [-0.25, -0.2) is 9.59 Å². The molecule has 32 heavy (non-hydrogen) atoms. The average Bonchev–Trinajstić information content (AvgIpc) is 2.76. The molecule has 0 saturated carbocycles. The van der Waals surface area contributed by atoms with E-state index >= 15 is 0 Å². The molecule has 0 bridgehead atoms. The molecule has 7 heteroatoms. The summed E-state index contributed by atoms with van der Waals surface area (Å²) in [5.41, 5.74) is 12.4. The van der Waals surface area contributed by atoms with Crippen molar-refractivity contribution in [1.29, 1.82) is 0 Å². The molecule has 7 nitrogen and oxygen atoms in total. The number of hydrogen-bond donors (Lipinski definition) is 2. The number of aryl methyl sites for hydroxylation is 2. The Hall–Kier alpha value is -3.97. The molecule has 0 radical (unpaired) electrons. The Labute approximate surface area is 185 Å². The van der Waals surface area contributed by atoms with Crippen LogP contribution in [0.3, 0.4) is 0 Å². The van der Waals surface area contributed by atoms with E-state index in [1.54, 1.807) is 60.7 Å². The lowest BCUT2D eigenvalue weighted by Gasteiger charge is -2.13. The fourth-order valence-corrected chi connectivity index (χ4v) is 2.93. The zero-order chi connectivity index (χ0) is 23.3. The van der Waals surface area contributed by atoms with Crippen LogP contribution >= 0.6 is 0 Å². The van der Waals surface area contributed by atoms with Gasteiger partial charge in [-0.2, -0.15) is 0 Å². The van der Waals surface area contributed by atoms with Gasteiger partial charge in [0, 0.05) is 6.42 Å². The van der Waals surface area contributed by atoms with Crippen LogP contribution in [-0.4, -0.2) is 23.9 Å². The molecule has 0 aliphatic heterocycles. The molecular formula is C25H25N2O5+. The highest BCUT2D eigenvalue weighted by molar-refractivity contribution is 5.93. The van der Waals surface area contributed by atoms with E-state index in [-0.39, 0.29) is 17.9 Å². The van der Waals surface area contributed by atoms with Crippen molar-refractivity contribution in [2.75, 3.05) is 0 Å². The summed E-state index contributed by atoms with van der Waals surface area (Å²) in [4.78, 5) is 36.6. The lowest BCUT2D eigenvalue weighted by molar-refractivity contribution is -0.402. The van der Waals surface area contributed by atoms with Crippen molar-refractivity contribution in [2.45, 2.75) is 26.3 Å². The molecule has 5 N–H and O–H groups in total. The quantitative estimate of drug-likeness (QED) is 0.437. The van der Waals surface area contributed by atoms with Crippen molar-refractivity contribution in [3.63, 3.8) is 0 Å². The van der Waals surface area contributed by atoms with Crippen LogP contribution in [-0.2, 0) is 11.2 Å². The Balaban J connectivity index is 1.89. The van der Waals surface area contributed by atoms with E-state index in [4.69, 9.17) is 15.2 Å². The highest BCUT2D eigenvalue weighted by atomic mass is 16.6. The average molecular weight is 433 g/mol. The van der Waals surface area contributed by atoms with E-state index in [0.717, 1.165) is 11.1 Å². The minimum atomic E-state index is -0.656. The second kappa shape index (κ2) is 9.89. The van der Waals surface area contributed by atoms with Crippen LogP contribution in [0.1, 0.15) is 37.4 Å². The summed E-state index contributed by atoms with van der Waals surface area (Å²) < 4.78 is 11.1. The third-order valence-corrected chi connectivity index (χ3v) is 4.87. The number of rotatable bonds is 7. The zero-order valence-corrected chi connectivity index (χ0v) is 18.0. The van der Waals surface area contributed by atoms with Gasteiger partial charge in [0.15, 0.2) is 17.5 Å². The second-order valence-corrected chi connectivity index (χ2v) is 7.60. The van der Waals surface area contributed by atoms with Crippen LogP contribution in [0.4, 0.5) is 0 Å². The largest absolute Gasteiger partial charge is 0.419 e. The molecule has 0 heterocycles. The maximum atomic E-state index is 12.7. The van der Waals surface area contributed by atoms with E-state index < -0.39 is 23.9 Å². The van der Waals surface area contributed by atoms with Crippen molar-refractivity contribution in [1.82, 2.24) is 0 Å². The number of esters is 2. The fourth-order valence-electron chi connectivity index (χ4n) is 2.93. The molecule has 3 aromatic rings. The molecule has 0 fully saturated rings. The van der Waals surface area contributed by atoms with Gasteiger partial charge in [-0.05, 0) is 55.8 Å². The minimum absolute atomic E-state index is 0.0604. The summed E-state index contributed by atoms with van der Waals surface area (Å²) in [6.07, 6.45) is 0.247. The number of amides is 1. The SMILES string of the molecule is Cc1ccc(C(=O)Oc2ccc(CC([NH3+])C(N)=O)cc2OC(=O)c2ccc(C)cc2)cc1. The topological polar surface area (TPSA) is 123 Å². The monoisotopic (exact) mass is 433 g/mol. The van der Waals surface area contributed by atoms with Crippen LogP contribution in [0.15, 0.2) is 66.7 Å². The summed E-state index contributed by atoms with van der Waals surface area (Å²) in [6.45, 7) is 3.83. The summed E-state index contributed by atoms with van der Waals surface area (Å²) >= 11 is 0. The van der Waals surface area contributed by atoms with Crippen molar-refractivity contribution in [3.8, 4) is 11.5 Å². The smallest absolute Gasteiger partial charge is 0.343 e. The maximum absolute atomic E-state index is 12.7. The van der Waals surface area contributed by atoms with Crippen molar-refractivity contribution in [3.05, 3.63) is 94.5 Å². The number of benzene rings is 3. The van der Waals surface area contributed by atoms with Gasteiger partial charge in [0.05, 0.1) is 11.1 Å². The van der Waals surface area contributed by atoms with E-state index in [1.165, 1.54) is 6.07 Å². The molecule has 0 aliphatic rings. The third-order valence-electron chi connectivity index (χ3n) is 4.87. The Morgan fingerprint density at radius 1 is 0.781 bits per heavy atom. The molecule has 3 rings (SSSR count). The number of quaternary nitrogens is 1. The maximum Gasteiger partial charge on any atom is 0.343 e. The van der Waals surface area contributed by atoms with Gasteiger partial charge in [0.25, 0.3) is 5.91 Å². The van der Waals surface area contributed by atoms with Crippen LogP contribution in [0.2, 0.25) is 0 Å². The first-order chi connectivity index (χ1) is 15.2. The van der Waals surface area contributed by atoms with Crippen LogP contribution < -0.4 is 20.9 Å². The van der Waals surface area contributed by atoms with E-state index in [2.05, 4.69) is 5.73 Å². The third kappa shape index (κ3) is 5.80. The highest BCUT2D eigenvalue weighted by Gasteiger charge is 2.20. The number of hydrogen-bond acceptors (Lipinski definition) is 5. The highest BCUT2D eigenvalue weighted by Crippen LogP contribution is 2.30. The van der Waals surface area contributed by atoms with Gasteiger partial charge in [0.2, 0.25) is 0 Å². The fraction of sp³-hybridized carbons (Fsp3) is 0.160. The van der Waals surface area contributed by atoms with E-state index in [9.17, 15) is 14.4 Å². The Kier molecular flexibility index (Phi) is 7.02. The second-order valence-electron chi connectivity index (χ2n) is 7.60. The summed E-state index contributed by atoms with van der Waals surface area (Å²) in [5, 5.41) is 0. The Morgan fingerprint density at radius 2 is 1.25 bits per heavy atom. The van der Waals surface area contributed by atoms with Gasteiger partial charge in [-0.3, -0.25) is 4.79 Å². The van der Waals surface area contributed by atoms with Gasteiger partial charge in [-0.1, -0.05) is 41.5 Å². The van der Waals surface area contributed by atoms with Crippen molar-refractivity contribution < 1.29 is 29.6 Å². The van der Waals surface area contributed by atoms with Crippen molar-refractivity contribution in [2.24, 2.45) is 5.73 Å². The molecule has 0 saturated heterocycles. The number of primary amides is 1. The van der Waals surface area contributed by atoms with E-state index in [1.807, 2.05) is 13.8 Å². The lowest BCUT2D eigenvalue weighted by atomic mass is 10.1. The predicted molar refractivity (Wildman–Crippen MR) is 118 cm³/mol. The van der Waals surface area contributed by atoms with Gasteiger partial charge >= 0.3 is 11.9 Å². The van der Waals surface area contributed by atoms with E-state index in [0.29, 0.717) is 16.7 Å². The Bertz CT molecular complexity index is 1140. The van der Waals surface area contributed by atoms with Crippen molar-refractivity contribution >= 4 is 17.8 Å². The number of ether oxygens (including phenoxy) is 2. The molecule has 164 valence electrons. The molecular weight excluding hydrogens is 408 g/mol. The lowest BCUT2D eigenvalue weighted by Crippen LogP contribution is -2.67. The summed E-state index contributed by atoms with van der Waals surface area (Å²) in [6, 6.07) is 17.9. The molecule has 1 unspecified atom stereocenters. The summed E-state index contributed by atoms with van der Waals surface area (Å²) in [5.74, 6) is -1.59. The standard InChI is InChI=1S/C25H24N2O5/c1-15-3-8-18(9-4-15)24(29)31-21-12-7-17(13-20(26)23(27)28)14-22(21)32-25(30)19-10-5-16(2)6-11-19/h3-12,14,20H,13,26H2,1-2H3,(H2,27,28)/p+1. The molecule has 0 aromatic heterocycles. The number of nitrogens with two attached hydrogens (primary N) is 1. The van der Waals surface area contributed by atoms with Gasteiger partial charge in [0.1, 0.15) is 0 Å². The first-order valence-corrected chi connectivity index (χ1v) is 10.1. The summed E-state index contributed by atoms with van der Waals surface area (Å²) in [7, 11) is 0. The molecule has 0 spiro atoms.